The number of benzene rings is 1. The van der Waals surface area contributed by atoms with Crippen LogP contribution in [0.4, 0.5) is 0 Å². The summed E-state index contributed by atoms with van der Waals surface area (Å²) in [5, 5.41) is 0.853. The number of hydrazine groups is 1. The third-order valence-electron chi connectivity index (χ3n) is 3.27. The van der Waals surface area contributed by atoms with Crippen molar-refractivity contribution in [1.82, 2.24) is 10.4 Å². The molecule has 0 radical (unpaired) electrons. The molecule has 0 spiro atoms. The minimum atomic E-state index is -0.275. The van der Waals surface area contributed by atoms with Gasteiger partial charge in [0.2, 0.25) is 0 Å². The van der Waals surface area contributed by atoms with Gasteiger partial charge in [0.25, 0.3) is 5.91 Å². The number of hydrogen-bond donors (Lipinski definition) is 2. The molecule has 1 aromatic carbocycles. The number of carbonyl (C=O) groups is 1. The van der Waals surface area contributed by atoms with Gasteiger partial charge in [0.15, 0.2) is 0 Å². The summed E-state index contributed by atoms with van der Waals surface area (Å²) in [4.78, 5) is 16.5. The van der Waals surface area contributed by atoms with Gasteiger partial charge in [-0.2, -0.15) is 0 Å². The number of fused-ring (bicyclic) bond motifs is 1. The number of aryl methyl sites for hydroxylation is 1. The Bertz CT molecular complexity index is 620. The van der Waals surface area contributed by atoms with Crippen molar-refractivity contribution < 1.29 is 4.79 Å². The average molecular weight is 257 g/mol. The first-order valence-electron chi connectivity index (χ1n) is 6.51. The number of hydrogen-bond acceptors (Lipinski definition) is 3. The Balaban J connectivity index is 2.74. The Morgan fingerprint density at radius 1 is 1.37 bits per heavy atom. The maximum atomic E-state index is 11.9. The number of amides is 1. The number of nitrogen functional groups attached to an aromatic ring is 1. The molecule has 0 unspecified atom stereocenters. The number of carbonyl (C=O) groups excluding carboxylic acids is 1. The van der Waals surface area contributed by atoms with E-state index in [4.69, 9.17) is 5.84 Å². The van der Waals surface area contributed by atoms with Crippen LogP contribution in [-0.2, 0) is 6.42 Å². The monoisotopic (exact) mass is 257 g/mol. The van der Waals surface area contributed by atoms with Crippen molar-refractivity contribution in [2.45, 2.75) is 33.1 Å². The largest absolute Gasteiger partial charge is 0.290 e. The molecule has 1 aromatic heterocycles. The van der Waals surface area contributed by atoms with Crippen molar-refractivity contribution in [3.8, 4) is 0 Å². The van der Waals surface area contributed by atoms with E-state index in [0.717, 1.165) is 23.0 Å². The molecular weight excluding hydrogens is 238 g/mol. The van der Waals surface area contributed by atoms with Gasteiger partial charge in [-0.1, -0.05) is 26.8 Å². The number of nitrogens with one attached hydrogen (secondary N) is 1. The standard InChI is InChI=1S/C15H19N3O/c1-4-10-5-6-13-11(7-10)12(15(19)18-16)8-14(17-13)9(2)3/h5-9H,4,16H2,1-3H3,(H,18,19). The van der Waals surface area contributed by atoms with Gasteiger partial charge < -0.3 is 0 Å². The van der Waals surface area contributed by atoms with Crippen LogP contribution in [0.2, 0.25) is 0 Å². The van der Waals surface area contributed by atoms with Gasteiger partial charge in [-0.25, -0.2) is 5.84 Å². The first-order valence-corrected chi connectivity index (χ1v) is 6.51. The summed E-state index contributed by atoms with van der Waals surface area (Å²) in [5.41, 5.74) is 5.71. The molecule has 2 aromatic rings. The third-order valence-corrected chi connectivity index (χ3v) is 3.27. The minimum absolute atomic E-state index is 0.263. The number of rotatable bonds is 3. The lowest BCUT2D eigenvalue weighted by Crippen LogP contribution is -2.30. The van der Waals surface area contributed by atoms with Gasteiger partial charge in [0.05, 0.1) is 11.1 Å². The lowest BCUT2D eigenvalue weighted by Gasteiger charge is -2.11. The summed E-state index contributed by atoms with van der Waals surface area (Å²) in [6.07, 6.45) is 0.922. The first-order chi connectivity index (χ1) is 9.06. The van der Waals surface area contributed by atoms with Crippen LogP contribution in [0.5, 0.6) is 0 Å². The molecule has 0 atom stereocenters. The zero-order chi connectivity index (χ0) is 14.0. The van der Waals surface area contributed by atoms with Gasteiger partial charge in [-0.3, -0.25) is 15.2 Å². The van der Waals surface area contributed by atoms with Crippen LogP contribution < -0.4 is 11.3 Å². The van der Waals surface area contributed by atoms with Crippen LogP contribution >= 0.6 is 0 Å². The summed E-state index contributed by atoms with van der Waals surface area (Å²) < 4.78 is 0. The zero-order valence-corrected chi connectivity index (χ0v) is 11.5. The Kier molecular flexibility index (Phi) is 3.81. The van der Waals surface area contributed by atoms with Gasteiger partial charge in [0.1, 0.15) is 0 Å². The van der Waals surface area contributed by atoms with Crippen LogP contribution in [0.15, 0.2) is 24.3 Å². The maximum absolute atomic E-state index is 11.9. The van der Waals surface area contributed by atoms with Gasteiger partial charge in [0, 0.05) is 11.1 Å². The smallest absolute Gasteiger partial charge is 0.265 e. The number of pyridine rings is 1. The molecule has 19 heavy (non-hydrogen) atoms. The summed E-state index contributed by atoms with van der Waals surface area (Å²) in [5.74, 6) is 5.26. The van der Waals surface area contributed by atoms with E-state index in [1.54, 1.807) is 0 Å². The maximum Gasteiger partial charge on any atom is 0.265 e. The Labute approximate surface area is 113 Å². The van der Waals surface area contributed by atoms with Gasteiger partial charge >= 0.3 is 0 Å². The normalized spacial score (nSPS) is 11.0. The van der Waals surface area contributed by atoms with Crippen LogP contribution in [0.1, 0.15) is 48.3 Å². The molecular formula is C15H19N3O. The lowest BCUT2D eigenvalue weighted by molar-refractivity contribution is 0.0955. The summed E-state index contributed by atoms with van der Waals surface area (Å²) in [6, 6.07) is 7.85. The second-order valence-electron chi connectivity index (χ2n) is 4.93. The molecule has 4 heteroatoms. The Morgan fingerprint density at radius 3 is 2.68 bits per heavy atom. The molecule has 0 bridgehead atoms. The lowest BCUT2D eigenvalue weighted by atomic mass is 10.0. The van der Waals surface area contributed by atoms with Crippen LogP contribution in [0, 0.1) is 0 Å². The van der Waals surface area contributed by atoms with E-state index in [-0.39, 0.29) is 11.8 Å². The van der Waals surface area contributed by atoms with Crippen molar-refractivity contribution in [3.63, 3.8) is 0 Å². The Hall–Kier alpha value is -1.94. The Morgan fingerprint density at radius 2 is 2.11 bits per heavy atom. The molecule has 0 aliphatic carbocycles. The molecule has 100 valence electrons. The van der Waals surface area contributed by atoms with Crippen molar-refractivity contribution >= 4 is 16.8 Å². The van der Waals surface area contributed by atoms with E-state index in [1.165, 1.54) is 5.56 Å². The fraction of sp³-hybridized carbons (Fsp3) is 0.333. The second-order valence-corrected chi connectivity index (χ2v) is 4.93. The molecule has 1 amide bonds. The number of nitrogens with zero attached hydrogens (tertiary/aromatic N) is 1. The highest BCUT2D eigenvalue weighted by Gasteiger charge is 2.14. The predicted octanol–water partition coefficient (Wildman–Crippen LogP) is 2.52. The highest BCUT2D eigenvalue weighted by Crippen LogP contribution is 2.23. The highest BCUT2D eigenvalue weighted by molar-refractivity contribution is 6.06. The van der Waals surface area contributed by atoms with Crippen molar-refractivity contribution in [1.29, 1.82) is 0 Å². The van der Waals surface area contributed by atoms with Crippen LogP contribution in [0.25, 0.3) is 10.9 Å². The first kappa shape index (κ1) is 13.5. The van der Waals surface area contributed by atoms with Crippen molar-refractivity contribution in [3.05, 3.63) is 41.1 Å². The summed E-state index contributed by atoms with van der Waals surface area (Å²) in [6.45, 7) is 6.19. The number of aromatic nitrogens is 1. The third kappa shape index (κ3) is 2.58. The van der Waals surface area contributed by atoms with Crippen molar-refractivity contribution in [2.75, 3.05) is 0 Å². The minimum Gasteiger partial charge on any atom is -0.290 e. The topological polar surface area (TPSA) is 68.0 Å². The van der Waals surface area contributed by atoms with E-state index in [0.29, 0.717) is 5.56 Å². The fourth-order valence-corrected chi connectivity index (χ4v) is 2.07. The van der Waals surface area contributed by atoms with Crippen LogP contribution in [0.3, 0.4) is 0 Å². The summed E-state index contributed by atoms with van der Waals surface area (Å²) in [7, 11) is 0. The molecule has 0 saturated carbocycles. The second kappa shape index (κ2) is 5.36. The number of nitrogens with two attached hydrogens (primary N) is 1. The van der Waals surface area contributed by atoms with E-state index in [2.05, 4.69) is 31.2 Å². The molecule has 0 aliphatic heterocycles. The molecule has 0 aliphatic rings. The SMILES string of the molecule is CCc1ccc2nc(C(C)C)cc(C(=O)NN)c2c1. The van der Waals surface area contributed by atoms with Gasteiger partial charge in [-0.05, 0) is 36.1 Å². The molecule has 2 rings (SSSR count). The average Bonchev–Trinajstić information content (AvgIpc) is 2.44. The fourth-order valence-electron chi connectivity index (χ4n) is 2.07. The quantitative estimate of drug-likeness (QED) is 0.504. The van der Waals surface area contributed by atoms with E-state index in [9.17, 15) is 4.79 Å². The predicted molar refractivity (Wildman–Crippen MR) is 76.9 cm³/mol. The van der Waals surface area contributed by atoms with Crippen molar-refractivity contribution in [2.24, 2.45) is 5.84 Å². The summed E-state index contributed by atoms with van der Waals surface area (Å²) >= 11 is 0. The van der Waals surface area contributed by atoms with Crippen LogP contribution in [-0.4, -0.2) is 10.9 Å². The molecule has 0 saturated heterocycles. The zero-order valence-electron chi connectivity index (χ0n) is 11.5. The molecule has 4 nitrogen and oxygen atoms in total. The van der Waals surface area contributed by atoms with E-state index < -0.39 is 0 Å². The molecule has 3 N–H and O–H groups in total. The van der Waals surface area contributed by atoms with E-state index >= 15 is 0 Å². The molecule has 0 fully saturated rings. The highest BCUT2D eigenvalue weighted by atomic mass is 16.2. The van der Waals surface area contributed by atoms with E-state index in [1.807, 2.05) is 24.3 Å². The van der Waals surface area contributed by atoms with Gasteiger partial charge in [-0.15, -0.1) is 0 Å². The molecule has 1 heterocycles.